The number of anilines is 1. The number of hydrogen-bond acceptors (Lipinski definition) is 4. The van der Waals surface area contributed by atoms with Gasteiger partial charge in [-0.1, -0.05) is 32.0 Å². The van der Waals surface area contributed by atoms with Gasteiger partial charge in [0.2, 0.25) is 5.95 Å². The lowest BCUT2D eigenvalue weighted by Crippen LogP contribution is -2.37. The lowest BCUT2D eigenvalue weighted by molar-refractivity contribution is 0.122. The second-order valence-corrected chi connectivity index (χ2v) is 5.18. The molecule has 0 saturated carbocycles. The molecule has 0 bridgehead atoms. The van der Waals surface area contributed by atoms with E-state index in [4.69, 9.17) is 14.7 Å². The van der Waals surface area contributed by atoms with Gasteiger partial charge in [-0.3, -0.25) is 0 Å². The van der Waals surface area contributed by atoms with Gasteiger partial charge in [-0.05, 0) is 12.0 Å². The molecule has 4 heteroatoms. The van der Waals surface area contributed by atoms with Crippen molar-refractivity contribution in [2.45, 2.75) is 19.8 Å². The molecule has 100 valence electrons. The molecule has 0 aliphatic carbocycles. The number of para-hydroxylation sites is 1. The highest BCUT2D eigenvalue weighted by Gasteiger charge is 2.17. The van der Waals surface area contributed by atoms with Gasteiger partial charge in [-0.2, -0.15) is 0 Å². The predicted octanol–water partition coefficient (Wildman–Crippen LogP) is 2.59. The summed E-state index contributed by atoms with van der Waals surface area (Å²) in [5.41, 5.74) is 2.16. The standard InChI is InChI=1S/C15H19N3O/c1-11(2)14-12-5-3-4-6-13(12)16-15(17-14)18-7-9-19-10-8-18/h3-6,11H,7-10H2,1-2H3. The van der Waals surface area contributed by atoms with Crippen LogP contribution in [0, 0.1) is 0 Å². The first-order chi connectivity index (χ1) is 9.25. The topological polar surface area (TPSA) is 38.2 Å². The van der Waals surface area contributed by atoms with E-state index in [0.717, 1.165) is 48.8 Å². The van der Waals surface area contributed by atoms with Crippen LogP contribution in [0.1, 0.15) is 25.5 Å². The van der Waals surface area contributed by atoms with E-state index in [1.54, 1.807) is 0 Å². The molecule has 0 amide bonds. The molecular formula is C15H19N3O. The predicted molar refractivity (Wildman–Crippen MR) is 76.7 cm³/mol. The molecule has 0 atom stereocenters. The number of fused-ring (bicyclic) bond motifs is 1. The van der Waals surface area contributed by atoms with Crippen molar-refractivity contribution in [2.24, 2.45) is 0 Å². The summed E-state index contributed by atoms with van der Waals surface area (Å²) in [5, 5.41) is 1.16. The number of hydrogen-bond donors (Lipinski definition) is 0. The maximum absolute atomic E-state index is 5.39. The minimum Gasteiger partial charge on any atom is -0.378 e. The zero-order valence-electron chi connectivity index (χ0n) is 11.5. The Labute approximate surface area is 113 Å². The van der Waals surface area contributed by atoms with Crippen LogP contribution in [0.15, 0.2) is 24.3 Å². The number of ether oxygens (including phenoxy) is 1. The van der Waals surface area contributed by atoms with Crippen LogP contribution in [-0.4, -0.2) is 36.3 Å². The lowest BCUT2D eigenvalue weighted by atomic mass is 10.0. The number of nitrogens with zero attached hydrogens (tertiary/aromatic N) is 3. The Bertz CT molecular complexity index is 577. The Kier molecular flexibility index (Phi) is 3.34. The van der Waals surface area contributed by atoms with Gasteiger partial charge in [0, 0.05) is 18.5 Å². The average molecular weight is 257 g/mol. The third-order valence-corrected chi connectivity index (χ3v) is 3.46. The Hall–Kier alpha value is -1.68. The molecule has 1 aliphatic heterocycles. The van der Waals surface area contributed by atoms with Gasteiger partial charge in [0.05, 0.1) is 24.4 Å². The molecule has 2 aromatic rings. The first kappa shape index (κ1) is 12.4. The number of aromatic nitrogens is 2. The summed E-state index contributed by atoms with van der Waals surface area (Å²) in [4.78, 5) is 11.7. The van der Waals surface area contributed by atoms with E-state index < -0.39 is 0 Å². The molecule has 0 unspecified atom stereocenters. The first-order valence-electron chi connectivity index (χ1n) is 6.85. The van der Waals surface area contributed by atoms with Crippen LogP contribution in [0.4, 0.5) is 5.95 Å². The van der Waals surface area contributed by atoms with Gasteiger partial charge in [-0.25, -0.2) is 9.97 Å². The molecule has 1 aromatic heterocycles. The van der Waals surface area contributed by atoms with E-state index in [-0.39, 0.29) is 0 Å². The minimum absolute atomic E-state index is 0.396. The summed E-state index contributed by atoms with van der Waals surface area (Å²) < 4.78 is 5.39. The largest absolute Gasteiger partial charge is 0.378 e. The summed E-state index contributed by atoms with van der Waals surface area (Å²) in [5.74, 6) is 1.23. The van der Waals surface area contributed by atoms with Crippen molar-refractivity contribution in [3.8, 4) is 0 Å². The normalized spacial score (nSPS) is 16.3. The Morgan fingerprint density at radius 2 is 1.84 bits per heavy atom. The fraction of sp³-hybridized carbons (Fsp3) is 0.467. The summed E-state index contributed by atoms with van der Waals surface area (Å²) in [6.07, 6.45) is 0. The highest BCUT2D eigenvalue weighted by molar-refractivity contribution is 5.82. The van der Waals surface area contributed by atoms with Crippen molar-refractivity contribution in [1.82, 2.24) is 9.97 Å². The van der Waals surface area contributed by atoms with Gasteiger partial charge in [0.15, 0.2) is 0 Å². The highest BCUT2D eigenvalue weighted by atomic mass is 16.5. The molecule has 0 N–H and O–H groups in total. The van der Waals surface area contributed by atoms with Crippen molar-refractivity contribution in [3.63, 3.8) is 0 Å². The molecule has 1 aromatic carbocycles. The SMILES string of the molecule is CC(C)c1nc(N2CCOCC2)nc2ccccc12. The number of benzene rings is 1. The molecule has 19 heavy (non-hydrogen) atoms. The fourth-order valence-corrected chi connectivity index (χ4v) is 2.43. The van der Waals surface area contributed by atoms with E-state index in [1.807, 2.05) is 12.1 Å². The van der Waals surface area contributed by atoms with E-state index >= 15 is 0 Å². The zero-order valence-corrected chi connectivity index (χ0v) is 11.5. The van der Waals surface area contributed by atoms with Gasteiger partial charge in [-0.15, -0.1) is 0 Å². The lowest BCUT2D eigenvalue weighted by Gasteiger charge is -2.27. The molecule has 1 aliphatic rings. The van der Waals surface area contributed by atoms with E-state index in [1.165, 1.54) is 0 Å². The summed E-state index contributed by atoms with van der Waals surface area (Å²) >= 11 is 0. The number of morpholine rings is 1. The maximum atomic E-state index is 5.39. The Morgan fingerprint density at radius 3 is 2.58 bits per heavy atom. The van der Waals surface area contributed by atoms with E-state index in [2.05, 4.69) is 30.9 Å². The van der Waals surface area contributed by atoms with Gasteiger partial charge in [0.1, 0.15) is 0 Å². The van der Waals surface area contributed by atoms with Gasteiger partial charge < -0.3 is 9.64 Å². The molecule has 3 rings (SSSR count). The molecule has 0 radical (unpaired) electrons. The second-order valence-electron chi connectivity index (χ2n) is 5.18. The second kappa shape index (κ2) is 5.13. The minimum atomic E-state index is 0.396. The van der Waals surface area contributed by atoms with Crippen LogP contribution in [0.3, 0.4) is 0 Å². The smallest absolute Gasteiger partial charge is 0.226 e. The van der Waals surface area contributed by atoms with Crippen molar-refractivity contribution in [1.29, 1.82) is 0 Å². The van der Waals surface area contributed by atoms with Crippen molar-refractivity contribution < 1.29 is 4.74 Å². The van der Waals surface area contributed by atoms with Crippen molar-refractivity contribution >= 4 is 16.9 Å². The Morgan fingerprint density at radius 1 is 1.11 bits per heavy atom. The summed E-state index contributed by atoms with van der Waals surface area (Å²) in [6.45, 7) is 7.61. The third kappa shape index (κ3) is 2.40. The average Bonchev–Trinajstić information content (AvgIpc) is 2.47. The van der Waals surface area contributed by atoms with E-state index in [0.29, 0.717) is 5.92 Å². The van der Waals surface area contributed by atoms with Gasteiger partial charge in [0.25, 0.3) is 0 Å². The van der Waals surface area contributed by atoms with Crippen LogP contribution in [0.2, 0.25) is 0 Å². The van der Waals surface area contributed by atoms with Gasteiger partial charge >= 0.3 is 0 Å². The maximum Gasteiger partial charge on any atom is 0.226 e. The van der Waals surface area contributed by atoms with Crippen molar-refractivity contribution in [2.75, 3.05) is 31.2 Å². The monoisotopic (exact) mass is 257 g/mol. The Balaban J connectivity index is 2.10. The zero-order chi connectivity index (χ0) is 13.2. The molecule has 2 heterocycles. The van der Waals surface area contributed by atoms with Crippen LogP contribution in [0.25, 0.3) is 10.9 Å². The first-order valence-corrected chi connectivity index (χ1v) is 6.85. The van der Waals surface area contributed by atoms with E-state index in [9.17, 15) is 0 Å². The highest BCUT2D eigenvalue weighted by Crippen LogP contribution is 2.25. The van der Waals surface area contributed by atoms with Crippen LogP contribution in [-0.2, 0) is 4.74 Å². The quantitative estimate of drug-likeness (QED) is 0.829. The molecule has 4 nitrogen and oxygen atoms in total. The molecule has 1 fully saturated rings. The van der Waals surface area contributed by atoms with Crippen LogP contribution >= 0.6 is 0 Å². The molecule has 0 spiro atoms. The summed E-state index contributed by atoms with van der Waals surface area (Å²) in [6, 6.07) is 8.25. The van der Waals surface area contributed by atoms with Crippen LogP contribution < -0.4 is 4.90 Å². The summed E-state index contributed by atoms with van der Waals surface area (Å²) in [7, 11) is 0. The molecular weight excluding hydrogens is 238 g/mol. The molecule has 1 saturated heterocycles. The fourth-order valence-electron chi connectivity index (χ4n) is 2.43. The third-order valence-electron chi connectivity index (χ3n) is 3.46. The van der Waals surface area contributed by atoms with Crippen molar-refractivity contribution in [3.05, 3.63) is 30.0 Å². The van der Waals surface area contributed by atoms with Crippen LogP contribution in [0.5, 0.6) is 0 Å². The number of rotatable bonds is 2.